The second kappa shape index (κ2) is 7.22. The standard InChI is InChI=1S/C16H22N2O3/c1-18(2)16(20)14-5-3-12(4-6-14)10-17-15(19)9-13-7-8-21-11-13/h3-6,13H,7-11H2,1-2H3,(H,17,19). The lowest BCUT2D eigenvalue weighted by Crippen LogP contribution is -2.25. The van der Waals surface area contributed by atoms with Gasteiger partial charge in [-0.2, -0.15) is 0 Å². The fourth-order valence-electron chi connectivity index (χ4n) is 2.30. The van der Waals surface area contributed by atoms with E-state index in [1.807, 2.05) is 12.1 Å². The highest BCUT2D eigenvalue weighted by atomic mass is 16.5. The van der Waals surface area contributed by atoms with Gasteiger partial charge in [0.15, 0.2) is 0 Å². The highest BCUT2D eigenvalue weighted by molar-refractivity contribution is 5.93. The van der Waals surface area contributed by atoms with Crippen LogP contribution in [0.4, 0.5) is 0 Å². The van der Waals surface area contributed by atoms with E-state index in [1.54, 1.807) is 31.1 Å². The van der Waals surface area contributed by atoms with Gasteiger partial charge in [0.1, 0.15) is 0 Å². The van der Waals surface area contributed by atoms with Gasteiger partial charge in [-0.25, -0.2) is 0 Å². The predicted molar refractivity (Wildman–Crippen MR) is 79.8 cm³/mol. The molecule has 1 aromatic carbocycles. The van der Waals surface area contributed by atoms with Gasteiger partial charge in [0.2, 0.25) is 5.91 Å². The molecule has 1 aliphatic rings. The van der Waals surface area contributed by atoms with Crippen LogP contribution in [0, 0.1) is 5.92 Å². The highest BCUT2D eigenvalue weighted by Crippen LogP contribution is 2.16. The summed E-state index contributed by atoms with van der Waals surface area (Å²) in [6.45, 7) is 1.94. The number of ether oxygens (including phenoxy) is 1. The molecule has 1 aliphatic heterocycles. The number of amides is 2. The van der Waals surface area contributed by atoms with Gasteiger partial charge in [-0.3, -0.25) is 9.59 Å². The Hall–Kier alpha value is -1.88. The molecule has 0 aromatic heterocycles. The SMILES string of the molecule is CN(C)C(=O)c1ccc(CNC(=O)CC2CCOC2)cc1. The Balaban J connectivity index is 1.80. The van der Waals surface area contributed by atoms with E-state index in [0.29, 0.717) is 31.1 Å². The molecule has 1 fully saturated rings. The molecule has 1 heterocycles. The lowest BCUT2D eigenvalue weighted by atomic mass is 10.0. The summed E-state index contributed by atoms with van der Waals surface area (Å²) in [5, 5.41) is 2.91. The van der Waals surface area contributed by atoms with E-state index in [9.17, 15) is 9.59 Å². The minimum Gasteiger partial charge on any atom is -0.381 e. The summed E-state index contributed by atoms with van der Waals surface area (Å²) >= 11 is 0. The number of benzene rings is 1. The van der Waals surface area contributed by atoms with Crippen molar-refractivity contribution in [1.82, 2.24) is 10.2 Å². The van der Waals surface area contributed by atoms with Gasteiger partial charge in [0.25, 0.3) is 5.91 Å². The minimum atomic E-state index is -0.0215. The van der Waals surface area contributed by atoms with E-state index in [4.69, 9.17) is 4.74 Å². The van der Waals surface area contributed by atoms with Crippen molar-refractivity contribution >= 4 is 11.8 Å². The van der Waals surface area contributed by atoms with E-state index < -0.39 is 0 Å². The monoisotopic (exact) mass is 290 g/mol. The third-order valence-electron chi connectivity index (χ3n) is 3.59. The van der Waals surface area contributed by atoms with Crippen LogP contribution in [0.15, 0.2) is 24.3 Å². The Bertz CT molecular complexity index is 491. The van der Waals surface area contributed by atoms with Crippen LogP contribution >= 0.6 is 0 Å². The second-order valence-corrected chi connectivity index (χ2v) is 5.61. The summed E-state index contributed by atoms with van der Waals surface area (Å²) in [6.07, 6.45) is 1.49. The molecule has 0 aliphatic carbocycles. The fourth-order valence-corrected chi connectivity index (χ4v) is 2.30. The quantitative estimate of drug-likeness (QED) is 0.892. The van der Waals surface area contributed by atoms with Gasteiger partial charge in [-0.05, 0) is 30.0 Å². The maximum Gasteiger partial charge on any atom is 0.253 e. The predicted octanol–water partition coefficient (Wildman–Crippen LogP) is 1.43. The molecule has 1 saturated heterocycles. The normalized spacial score (nSPS) is 17.5. The lowest BCUT2D eigenvalue weighted by molar-refractivity contribution is -0.122. The van der Waals surface area contributed by atoms with Crippen LogP contribution in [0.25, 0.3) is 0 Å². The first kappa shape index (κ1) is 15.5. The van der Waals surface area contributed by atoms with E-state index in [0.717, 1.165) is 18.6 Å². The third-order valence-corrected chi connectivity index (χ3v) is 3.59. The van der Waals surface area contributed by atoms with Crippen LogP contribution in [0.3, 0.4) is 0 Å². The largest absolute Gasteiger partial charge is 0.381 e. The molecule has 2 rings (SSSR count). The Morgan fingerprint density at radius 1 is 1.29 bits per heavy atom. The molecule has 21 heavy (non-hydrogen) atoms. The number of nitrogens with zero attached hydrogens (tertiary/aromatic N) is 1. The maximum atomic E-state index is 11.8. The first-order valence-electron chi connectivity index (χ1n) is 7.21. The van der Waals surface area contributed by atoms with Gasteiger partial charge in [0, 0.05) is 45.8 Å². The van der Waals surface area contributed by atoms with Crippen molar-refractivity contribution in [2.24, 2.45) is 5.92 Å². The molecule has 1 N–H and O–H groups in total. The summed E-state index contributed by atoms with van der Waals surface area (Å²) in [6, 6.07) is 7.31. The van der Waals surface area contributed by atoms with E-state index in [-0.39, 0.29) is 11.8 Å². The number of carbonyl (C=O) groups is 2. The van der Waals surface area contributed by atoms with Gasteiger partial charge >= 0.3 is 0 Å². The number of carbonyl (C=O) groups excluding carboxylic acids is 2. The van der Waals surface area contributed by atoms with Crippen molar-refractivity contribution in [3.63, 3.8) is 0 Å². The van der Waals surface area contributed by atoms with Crippen molar-refractivity contribution in [1.29, 1.82) is 0 Å². The average Bonchev–Trinajstić information content (AvgIpc) is 2.97. The van der Waals surface area contributed by atoms with Gasteiger partial charge in [0.05, 0.1) is 0 Å². The van der Waals surface area contributed by atoms with Crippen molar-refractivity contribution < 1.29 is 14.3 Å². The Morgan fingerprint density at radius 2 is 2.00 bits per heavy atom. The number of nitrogens with one attached hydrogen (secondary N) is 1. The molecular formula is C16H22N2O3. The van der Waals surface area contributed by atoms with E-state index in [1.165, 1.54) is 0 Å². The Kier molecular flexibility index (Phi) is 5.33. The number of hydrogen-bond acceptors (Lipinski definition) is 3. The first-order chi connectivity index (χ1) is 10.1. The Labute approximate surface area is 125 Å². The van der Waals surface area contributed by atoms with Gasteiger partial charge in [-0.1, -0.05) is 12.1 Å². The van der Waals surface area contributed by atoms with Gasteiger partial charge < -0.3 is 15.0 Å². The van der Waals surface area contributed by atoms with Crippen LogP contribution in [-0.2, 0) is 16.1 Å². The van der Waals surface area contributed by atoms with Crippen LogP contribution in [-0.4, -0.2) is 44.0 Å². The van der Waals surface area contributed by atoms with Crippen LogP contribution in [0.5, 0.6) is 0 Å². The van der Waals surface area contributed by atoms with Crippen molar-refractivity contribution in [3.05, 3.63) is 35.4 Å². The zero-order chi connectivity index (χ0) is 15.2. The second-order valence-electron chi connectivity index (χ2n) is 5.61. The maximum absolute atomic E-state index is 11.8. The lowest BCUT2D eigenvalue weighted by Gasteiger charge is -2.11. The zero-order valence-corrected chi connectivity index (χ0v) is 12.6. The minimum absolute atomic E-state index is 0.0215. The first-order valence-corrected chi connectivity index (χ1v) is 7.21. The van der Waals surface area contributed by atoms with Crippen LogP contribution in [0.2, 0.25) is 0 Å². The molecule has 1 aromatic rings. The molecule has 0 bridgehead atoms. The molecular weight excluding hydrogens is 268 g/mol. The summed E-state index contributed by atoms with van der Waals surface area (Å²) < 4.78 is 5.26. The van der Waals surface area contributed by atoms with Crippen molar-refractivity contribution in [2.75, 3.05) is 27.3 Å². The zero-order valence-electron chi connectivity index (χ0n) is 12.6. The van der Waals surface area contributed by atoms with Crippen molar-refractivity contribution in [3.8, 4) is 0 Å². The summed E-state index contributed by atoms with van der Waals surface area (Å²) in [4.78, 5) is 25.1. The molecule has 1 atom stereocenters. The van der Waals surface area contributed by atoms with E-state index >= 15 is 0 Å². The molecule has 0 radical (unpaired) electrons. The van der Waals surface area contributed by atoms with Gasteiger partial charge in [-0.15, -0.1) is 0 Å². The fraction of sp³-hybridized carbons (Fsp3) is 0.500. The number of hydrogen-bond donors (Lipinski definition) is 1. The topological polar surface area (TPSA) is 58.6 Å². The summed E-state index contributed by atoms with van der Waals surface area (Å²) in [5.41, 5.74) is 1.64. The Morgan fingerprint density at radius 3 is 2.57 bits per heavy atom. The van der Waals surface area contributed by atoms with E-state index in [2.05, 4.69) is 5.32 Å². The molecule has 0 saturated carbocycles. The highest BCUT2D eigenvalue weighted by Gasteiger charge is 2.18. The molecule has 0 spiro atoms. The summed E-state index contributed by atoms with van der Waals surface area (Å²) in [7, 11) is 3.45. The molecule has 1 unspecified atom stereocenters. The number of rotatable bonds is 5. The van der Waals surface area contributed by atoms with Crippen LogP contribution < -0.4 is 5.32 Å². The smallest absolute Gasteiger partial charge is 0.253 e. The molecule has 5 heteroatoms. The molecule has 114 valence electrons. The third kappa shape index (κ3) is 4.56. The van der Waals surface area contributed by atoms with Crippen molar-refractivity contribution in [2.45, 2.75) is 19.4 Å². The molecule has 5 nitrogen and oxygen atoms in total. The summed E-state index contributed by atoms with van der Waals surface area (Å²) in [5.74, 6) is 0.385. The molecule has 2 amide bonds. The van der Waals surface area contributed by atoms with Crippen LogP contribution in [0.1, 0.15) is 28.8 Å². The average molecular weight is 290 g/mol.